The topological polar surface area (TPSA) is 3.24 Å². The quantitative estimate of drug-likeness (QED) is 0.187. The Bertz CT molecular complexity index is 1900. The molecule has 0 amide bonds. The molecule has 0 aliphatic rings. The first-order valence-corrected chi connectivity index (χ1v) is 14.1. The van der Waals surface area contributed by atoms with Crippen LogP contribution >= 0.6 is 0 Å². The summed E-state index contributed by atoms with van der Waals surface area (Å²) in [5.41, 5.74) is 9.50. The van der Waals surface area contributed by atoms with Gasteiger partial charge in [0.05, 0.1) is 5.69 Å². The minimum Gasteiger partial charge on any atom is -0.310 e. The summed E-state index contributed by atoms with van der Waals surface area (Å²) in [6.07, 6.45) is 7.89. The fourth-order valence-corrected chi connectivity index (χ4v) is 5.54. The van der Waals surface area contributed by atoms with Crippen molar-refractivity contribution in [3.8, 4) is 11.1 Å². The molecule has 0 heterocycles. The molecule has 0 radical (unpaired) electrons. The van der Waals surface area contributed by atoms with Crippen molar-refractivity contribution >= 4 is 44.2 Å². The molecule has 0 bridgehead atoms. The number of allylic oxidation sites excluding steroid dienone is 5. The van der Waals surface area contributed by atoms with Crippen LogP contribution in [0, 0.1) is 6.92 Å². The van der Waals surface area contributed by atoms with Crippen LogP contribution in [0.5, 0.6) is 0 Å². The molecular weight excluding hydrogens is 494 g/mol. The molecule has 0 aliphatic heterocycles. The van der Waals surface area contributed by atoms with Crippen molar-refractivity contribution < 1.29 is 0 Å². The molecular formula is C40H33N. The van der Waals surface area contributed by atoms with Crippen LogP contribution in [0.2, 0.25) is 0 Å². The van der Waals surface area contributed by atoms with Crippen LogP contribution in [0.15, 0.2) is 158 Å². The van der Waals surface area contributed by atoms with E-state index >= 15 is 0 Å². The Kier molecular flexibility index (Phi) is 7.34. The number of fused-ring (bicyclic) bond motifs is 2. The lowest BCUT2D eigenvalue weighted by Crippen LogP contribution is -2.11. The fourth-order valence-electron chi connectivity index (χ4n) is 5.54. The van der Waals surface area contributed by atoms with E-state index in [1.807, 2.05) is 12.2 Å². The van der Waals surface area contributed by atoms with Crippen molar-refractivity contribution in [1.29, 1.82) is 0 Å². The Labute approximate surface area is 243 Å². The number of hydrogen-bond acceptors (Lipinski definition) is 1. The summed E-state index contributed by atoms with van der Waals surface area (Å²) in [4.78, 5) is 2.39. The third kappa shape index (κ3) is 5.23. The van der Waals surface area contributed by atoms with Gasteiger partial charge in [-0.1, -0.05) is 134 Å². The fraction of sp³-hybridized carbons (Fsp3) is 0.0500. The molecule has 0 unspecified atom stereocenters. The third-order valence-electron chi connectivity index (χ3n) is 7.67. The number of aryl methyl sites for hydroxylation is 1. The highest BCUT2D eigenvalue weighted by molar-refractivity contribution is 6.11. The van der Waals surface area contributed by atoms with Gasteiger partial charge in [-0.2, -0.15) is 0 Å². The van der Waals surface area contributed by atoms with Crippen LogP contribution < -0.4 is 4.90 Å². The first-order chi connectivity index (χ1) is 20.1. The molecule has 6 rings (SSSR count). The van der Waals surface area contributed by atoms with Crippen molar-refractivity contribution in [2.24, 2.45) is 0 Å². The Hall–Kier alpha value is -5.14. The molecule has 1 nitrogen and oxygen atoms in total. The molecule has 41 heavy (non-hydrogen) atoms. The molecule has 198 valence electrons. The van der Waals surface area contributed by atoms with Gasteiger partial charge in [-0.3, -0.25) is 0 Å². The van der Waals surface area contributed by atoms with E-state index in [0.29, 0.717) is 0 Å². The van der Waals surface area contributed by atoms with Crippen molar-refractivity contribution in [2.75, 3.05) is 4.90 Å². The normalized spacial score (nSPS) is 11.8. The van der Waals surface area contributed by atoms with E-state index in [1.165, 1.54) is 49.4 Å². The highest BCUT2D eigenvalue weighted by atomic mass is 15.1. The average Bonchev–Trinajstić information content (AvgIpc) is 3.02. The van der Waals surface area contributed by atoms with E-state index in [0.717, 1.165) is 17.1 Å². The highest BCUT2D eigenvalue weighted by Crippen LogP contribution is 2.46. The number of benzene rings is 6. The maximum Gasteiger partial charge on any atom is 0.0546 e. The zero-order chi connectivity index (χ0) is 28.2. The Morgan fingerprint density at radius 3 is 1.93 bits per heavy atom. The largest absolute Gasteiger partial charge is 0.310 e. The number of hydrogen-bond donors (Lipinski definition) is 0. The minimum atomic E-state index is 1.11. The van der Waals surface area contributed by atoms with E-state index in [9.17, 15) is 0 Å². The zero-order valence-electron chi connectivity index (χ0n) is 23.6. The number of anilines is 3. The van der Waals surface area contributed by atoms with Crippen LogP contribution in [0.3, 0.4) is 0 Å². The van der Waals surface area contributed by atoms with Gasteiger partial charge in [-0.25, -0.2) is 0 Å². The summed E-state index contributed by atoms with van der Waals surface area (Å²) in [6, 6.07) is 46.2. The number of rotatable bonds is 7. The predicted octanol–water partition coefficient (Wildman–Crippen LogP) is 11.6. The van der Waals surface area contributed by atoms with Gasteiger partial charge in [-0.05, 0) is 82.4 Å². The van der Waals surface area contributed by atoms with Crippen molar-refractivity contribution in [2.45, 2.75) is 13.8 Å². The van der Waals surface area contributed by atoms with Gasteiger partial charge >= 0.3 is 0 Å². The molecule has 0 aliphatic carbocycles. The van der Waals surface area contributed by atoms with Crippen molar-refractivity contribution in [3.05, 3.63) is 169 Å². The molecule has 0 saturated heterocycles. The van der Waals surface area contributed by atoms with Gasteiger partial charge in [0.15, 0.2) is 0 Å². The minimum absolute atomic E-state index is 1.11. The Balaban J connectivity index is 1.61. The molecule has 0 aromatic heterocycles. The monoisotopic (exact) mass is 527 g/mol. The Morgan fingerprint density at radius 2 is 1.22 bits per heavy atom. The lowest BCUT2D eigenvalue weighted by atomic mass is 9.91. The van der Waals surface area contributed by atoms with E-state index in [-0.39, 0.29) is 0 Å². The molecule has 1 heteroatoms. The number of nitrogens with zero attached hydrogens (tertiary/aromatic N) is 1. The van der Waals surface area contributed by atoms with Crippen LogP contribution in [0.4, 0.5) is 17.1 Å². The van der Waals surface area contributed by atoms with Gasteiger partial charge in [0.25, 0.3) is 0 Å². The maximum atomic E-state index is 3.77. The van der Waals surface area contributed by atoms with Crippen LogP contribution in [0.25, 0.3) is 38.2 Å². The molecule has 6 aromatic carbocycles. The smallest absolute Gasteiger partial charge is 0.0546 e. The lowest BCUT2D eigenvalue weighted by molar-refractivity contribution is 1.28. The van der Waals surface area contributed by atoms with Crippen LogP contribution in [-0.4, -0.2) is 0 Å². The SMILES string of the molecule is C=C/C=C\C=C(/C)c1ccc(N(c2ccc(C)cc2)c2ccc3ccccc3c2-c2cccc3ccccc23)cc1. The molecule has 0 saturated carbocycles. The summed E-state index contributed by atoms with van der Waals surface area (Å²) in [6.45, 7) is 8.04. The van der Waals surface area contributed by atoms with Gasteiger partial charge in [-0.15, -0.1) is 0 Å². The summed E-state index contributed by atoms with van der Waals surface area (Å²) in [5, 5.41) is 4.96. The van der Waals surface area contributed by atoms with Gasteiger partial charge in [0.2, 0.25) is 0 Å². The van der Waals surface area contributed by atoms with Gasteiger partial charge in [0.1, 0.15) is 0 Å². The average molecular weight is 528 g/mol. The first-order valence-electron chi connectivity index (χ1n) is 14.1. The summed E-state index contributed by atoms with van der Waals surface area (Å²) in [5.74, 6) is 0. The van der Waals surface area contributed by atoms with E-state index in [2.05, 4.69) is 159 Å². The highest BCUT2D eigenvalue weighted by Gasteiger charge is 2.20. The lowest BCUT2D eigenvalue weighted by Gasteiger charge is -2.29. The molecule has 0 atom stereocenters. The van der Waals surface area contributed by atoms with Gasteiger partial charge in [0, 0.05) is 16.9 Å². The van der Waals surface area contributed by atoms with Crippen LogP contribution in [0.1, 0.15) is 18.1 Å². The maximum absolute atomic E-state index is 3.77. The van der Waals surface area contributed by atoms with E-state index in [4.69, 9.17) is 0 Å². The van der Waals surface area contributed by atoms with Crippen LogP contribution in [-0.2, 0) is 0 Å². The van der Waals surface area contributed by atoms with E-state index < -0.39 is 0 Å². The third-order valence-corrected chi connectivity index (χ3v) is 7.67. The van der Waals surface area contributed by atoms with Gasteiger partial charge < -0.3 is 4.90 Å². The standard InChI is InChI=1S/C40H33N/c1-4-5-6-12-30(3)31-21-26-35(27-22-31)41(34-24-19-29(2)20-25-34)39-28-23-33-14-8-10-17-37(33)40(39)38-18-11-15-32-13-7-9-16-36(32)38/h4-28H,1H2,2-3H3/b6-5-,30-12+. The predicted molar refractivity (Wildman–Crippen MR) is 179 cm³/mol. The molecule has 0 fully saturated rings. The second kappa shape index (κ2) is 11.5. The second-order valence-electron chi connectivity index (χ2n) is 10.4. The summed E-state index contributed by atoms with van der Waals surface area (Å²) >= 11 is 0. The second-order valence-corrected chi connectivity index (χ2v) is 10.4. The molecule has 6 aromatic rings. The summed E-state index contributed by atoms with van der Waals surface area (Å²) < 4.78 is 0. The van der Waals surface area contributed by atoms with E-state index in [1.54, 1.807) is 6.08 Å². The van der Waals surface area contributed by atoms with Crippen molar-refractivity contribution in [1.82, 2.24) is 0 Å². The zero-order valence-corrected chi connectivity index (χ0v) is 23.6. The molecule has 0 N–H and O–H groups in total. The summed E-state index contributed by atoms with van der Waals surface area (Å²) in [7, 11) is 0. The van der Waals surface area contributed by atoms with Crippen molar-refractivity contribution in [3.63, 3.8) is 0 Å². The molecule has 0 spiro atoms. The first kappa shape index (κ1) is 26.1. The Morgan fingerprint density at radius 1 is 0.610 bits per heavy atom.